The van der Waals surface area contributed by atoms with E-state index >= 15 is 0 Å². The molecule has 0 radical (unpaired) electrons. The minimum absolute atomic E-state index is 0.116. The van der Waals surface area contributed by atoms with Crippen molar-refractivity contribution in [3.63, 3.8) is 0 Å². The van der Waals surface area contributed by atoms with Gasteiger partial charge in [0.2, 0.25) is 0 Å². The molecule has 4 heteroatoms. The molecule has 84 valence electrons. The molecule has 3 nitrogen and oxygen atoms in total. The Kier molecular flexibility index (Phi) is 4.42. The van der Waals surface area contributed by atoms with Crippen LogP contribution in [0.3, 0.4) is 0 Å². The first kappa shape index (κ1) is 12.3. The molecule has 0 aliphatic carbocycles. The quantitative estimate of drug-likeness (QED) is 0.887. The van der Waals surface area contributed by atoms with E-state index in [0.29, 0.717) is 12.2 Å². The Labute approximate surface area is 97.8 Å². The predicted octanol–water partition coefficient (Wildman–Crippen LogP) is 2.48. The highest BCUT2D eigenvalue weighted by Crippen LogP contribution is 2.32. The fraction of sp³-hybridized carbons (Fsp3) is 0.455. The average Bonchev–Trinajstić information content (AvgIpc) is 2.16. The average molecular weight is 275 g/mol. The van der Waals surface area contributed by atoms with Crippen molar-refractivity contribution in [1.82, 2.24) is 0 Å². The number of hydrogen-bond acceptors (Lipinski definition) is 3. The second kappa shape index (κ2) is 5.37. The van der Waals surface area contributed by atoms with Crippen molar-refractivity contribution in [2.45, 2.75) is 25.9 Å². The molecule has 1 rings (SSSR count). The van der Waals surface area contributed by atoms with Crippen LogP contribution in [-0.2, 0) is 6.42 Å². The molecule has 1 aromatic carbocycles. The van der Waals surface area contributed by atoms with E-state index in [1.807, 2.05) is 0 Å². The Bertz CT molecular complexity index is 337. The molecule has 0 bridgehead atoms. The van der Waals surface area contributed by atoms with E-state index in [0.717, 1.165) is 16.5 Å². The van der Waals surface area contributed by atoms with Crippen molar-refractivity contribution in [3.05, 3.63) is 22.2 Å². The van der Waals surface area contributed by atoms with Crippen LogP contribution in [0.2, 0.25) is 0 Å². The molecule has 0 aliphatic rings. The molecule has 0 unspecified atom stereocenters. The summed E-state index contributed by atoms with van der Waals surface area (Å²) in [4.78, 5) is 0. The Morgan fingerprint density at radius 2 is 2.13 bits per heavy atom. The number of aromatic hydroxyl groups is 1. The molecule has 2 N–H and O–H groups in total. The van der Waals surface area contributed by atoms with Crippen molar-refractivity contribution >= 4 is 15.9 Å². The lowest BCUT2D eigenvalue weighted by Crippen LogP contribution is -2.02. The third kappa shape index (κ3) is 3.39. The van der Waals surface area contributed by atoms with Gasteiger partial charge in [0.25, 0.3) is 0 Å². The first-order chi connectivity index (χ1) is 7.04. The molecule has 0 heterocycles. The Morgan fingerprint density at radius 1 is 1.47 bits per heavy atom. The minimum atomic E-state index is -0.323. The Balaban J connectivity index is 2.87. The minimum Gasteiger partial charge on any atom is -0.504 e. The van der Waals surface area contributed by atoms with Gasteiger partial charge >= 0.3 is 0 Å². The van der Waals surface area contributed by atoms with E-state index in [9.17, 15) is 10.2 Å². The van der Waals surface area contributed by atoms with Crippen molar-refractivity contribution < 1.29 is 14.9 Å². The Hall–Kier alpha value is -0.740. The van der Waals surface area contributed by atoms with Crippen molar-refractivity contribution in [3.8, 4) is 11.5 Å². The zero-order chi connectivity index (χ0) is 11.4. The van der Waals surface area contributed by atoms with Gasteiger partial charge in [0, 0.05) is 4.47 Å². The zero-order valence-corrected chi connectivity index (χ0v) is 10.4. The van der Waals surface area contributed by atoms with Gasteiger partial charge in [-0.1, -0.05) is 15.9 Å². The van der Waals surface area contributed by atoms with Gasteiger partial charge < -0.3 is 14.9 Å². The number of phenols is 1. The second-order valence-corrected chi connectivity index (χ2v) is 4.36. The van der Waals surface area contributed by atoms with Gasteiger partial charge in [0.15, 0.2) is 11.5 Å². The molecular weight excluding hydrogens is 260 g/mol. The second-order valence-electron chi connectivity index (χ2n) is 3.50. The summed E-state index contributed by atoms with van der Waals surface area (Å²) in [5, 5.41) is 18.7. The number of hydrogen-bond donors (Lipinski definition) is 2. The van der Waals surface area contributed by atoms with E-state index in [1.165, 1.54) is 7.11 Å². The number of halogens is 1. The van der Waals surface area contributed by atoms with Gasteiger partial charge in [-0.3, -0.25) is 0 Å². The SMILES string of the molecule is COc1cc(CC[C@H](C)O)c(Br)cc1O. The highest BCUT2D eigenvalue weighted by atomic mass is 79.9. The third-order valence-electron chi connectivity index (χ3n) is 2.18. The lowest BCUT2D eigenvalue weighted by atomic mass is 10.1. The summed E-state index contributed by atoms with van der Waals surface area (Å²) in [6.45, 7) is 1.76. The van der Waals surface area contributed by atoms with E-state index in [-0.39, 0.29) is 11.9 Å². The van der Waals surface area contributed by atoms with Crippen molar-refractivity contribution in [2.75, 3.05) is 7.11 Å². The lowest BCUT2D eigenvalue weighted by molar-refractivity contribution is 0.185. The van der Waals surface area contributed by atoms with E-state index < -0.39 is 0 Å². The topological polar surface area (TPSA) is 49.7 Å². The van der Waals surface area contributed by atoms with Gasteiger partial charge in [-0.2, -0.15) is 0 Å². The summed E-state index contributed by atoms with van der Waals surface area (Å²) in [7, 11) is 1.52. The van der Waals surface area contributed by atoms with Gasteiger partial charge in [0.05, 0.1) is 13.2 Å². The summed E-state index contributed by atoms with van der Waals surface area (Å²) < 4.78 is 5.85. The standard InChI is InChI=1S/C11H15BrO3/c1-7(13)3-4-8-5-11(15-2)10(14)6-9(8)12/h5-7,13-14H,3-4H2,1-2H3/t7-/m0/s1. The maximum Gasteiger partial charge on any atom is 0.160 e. The molecule has 0 saturated carbocycles. The highest BCUT2D eigenvalue weighted by molar-refractivity contribution is 9.10. The monoisotopic (exact) mass is 274 g/mol. The number of ether oxygens (including phenoxy) is 1. The summed E-state index contributed by atoms with van der Waals surface area (Å²) in [6.07, 6.45) is 1.11. The van der Waals surface area contributed by atoms with Gasteiger partial charge in [0.1, 0.15) is 0 Å². The van der Waals surface area contributed by atoms with Crippen LogP contribution in [0.1, 0.15) is 18.9 Å². The van der Waals surface area contributed by atoms with Gasteiger partial charge in [-0.25, -0.2) is 0 Å². The van der Waals surface area contributed by atoms with Crippen molar-refractivity contribution in [1.29, 1.82) is 0 Å². The van der Waals surface area contributed by atoms with Crippen LogP contribution in [-0.4, -0.2) is 23.4 Å². The number of methoxy groups -OCH3 is 1. The summed E-state index contributed by atoms with van der Waals surface area (Å²) >= 11 is 3.36. The number of aliphatic hydroxyl groups excluding tert-OH is 1. The van der Waals surface area contributed by atoms with Crippen LogP contribution in [0.25, 0.3) is 0 Å². The highest BCUT2D eigenvalue weighted by Gasteiger charge is 2.08. The fourth-order valence-electron chi connectivity index (χ4n) is 1.30. The maximum absolute atomic E-state index is 9.49. The molecule has 0 aromatic heterocycles. The van der Waals surface area contributed by atoms with E-state index in [4.69, 9.17) is 4.74 Å². The predicted molar refractivity (Wildman–Crippen MR) is 62.4 cm³/mol. The normalized spacial score (nSPS) is 12.5. The molecule has 1 aromatic rings. The number of phenolic OH excluding ortho intramolecular Hbond substituents is 1. The van der Waals surface area contributed by atoms with Crippen LogP contribution in [0.15, 0.2) is 16.6 Å². The molecule has 0 spiro atoms. The van der Waals surface area contributed by atoms with Crippen LogP contribution >= 0.6 is 15.9 Å². The number of aliphatic hydroxyl groups is 1. The smallest absolute Gasteiger partial charge is 0.160 e. The van der Waals surface area contributed by atoms with Gasteiger partial charge in [-0.15, -0.1) is 0 Å². The summed E-state index contributed by atoms with van der Waals surface area (Å²) in [6, 6.07) is 3.39. The van der Waals surface area contributed by atoms with Crippen LogP contribution in [0, 0.1) is 0 Å². The molecule has 0 fully saturated rings. The number of rotatable bonds is 4. The first-order valence-electron chi connectivity index (χ1n) is 4.78. The summed E-state index contributed by atoms with van der Waals surface area (Å²) in [5.74, 6) is 0.573. The molecule has 1 atom stereocenters. The van der Waals surface area contributed by atoms with E-state index in [2.05, 4.69) is 15.9 Å². The lowest BCUT2D eigenvalue weighted by Gasteiger charge is -2.10. The largest absolute Gasteiger partial charge is 0.504 e. The first-order valence-corrected chi connectivity index (χ1v) is 5.57. The molecule has 0 amide bonds. The fourth-order valence-corrected chi connectivity index (χ4v) is 1.83. The maximum atomic E-state index is 9.49. The third-order valence-corrected chi connectivity index (χ3v) is 2.92. The molecule has 15 heavy (non-hydrogen) atoms. The summed E-state index contributed by atoms with van der Waals surface area (Å²) in [5.41, 5.74) is 1.02. The van der Waals surface area contributed by atoms with Crippen LogP contribution in [0.5, 0.6) is 11.5 Å². The molecule has 0 aliphatic heterocycles. The van der Waals surface area contributed by atoms with E-state index in [1.54, 1.807) is 19.1 Å². The molecular formula is C11H15BrO3. The van der Waals surface area contributed by atoms with Crippen LogP contribution < -0.4 is 4.74 Å². The molecule has 0 saturated heterocycles. The number of benzene rings is 1. The Morgan fingerprint density at radius 3 is 2.67 bits per heavy atom. The van der Waals surface area contributed by atoms with Gasteiger partial charge in [-0.05, 0) is 37.5 Å². The number of aryl methyl sites for hydroxylation is 1. The van der Waals surface area contributed by atoms with Crippen LogP contribution in [0.4, 0.5) is 0 Å². The zero-order valence-electron chi connectivity index (χ0n) is 8.83. The van der Waals surface area contributed by atoms with Crippen molar-refractivity contribution in [2.24, 2.45) is 0 Å².